The van der Waals surface area contributed by atoms with Gasteiger partial charge in [-0.25, -0.2) is 16.8 Å². The summed E-state index contributed by atoms with van der Waals surface area (Å²) in [6.07, 6.45) is 1.11. The van der Waals surface area contributed by atoms with Crippen molar-refractivity contribution in [1.82, 2.24) is 10.6 Å². The fourth-order valence-corrected chi connectivity index (χ4v) is 2.61. The Morgan fingerprint density at radius 3 is 2.06 bits per heavy atom. The van der Waals surface area contributed by atoms with Crippen molar-refractivity contribution in [2.24, 2.45) is 0 Å². The van der Waals surface area contributed by atoms with Crippen LogP contribution in [0, 0.1) is 0 Å². The van der Waals surface area contributed by atoms with Gasteiger partial charge in [-0.05, 0) is 0 Å². The lowest BCUT2D eigenvalue weighted by atomic mass is 10.7. The summed E-state index contributed by atoms with van der Waals surface area (Å²) in [7, 11) is -5.11. The van der Waals surface area contributed by atoms with Crippen LogP contribution < -0.4 is 10.6 Å². The van der Waals surface area contributed by atoms with Crippen LogP contribution in [-0.2, 0) is 24.5 Å². The predicted molar refractivity (Wildman–Crippen MR) is 65.3 cm³/mol. The first-order chi connectivity index (χ1) is 7.66. The Balaban J connectivity index is 3.85. The van der Waals surface area contributed by atoms with E-state index in [1.807, 2.05) is 0 Å². The second-order valence-corrected chi connectivity index (χ2v) is 8.09. The number of nitrogens with one attached hydrogen (secondary N) is 2. The minimum absolute atomic E-state index is 0.0392. The fraction of sp³-hybridized carbons (Fsp3) is 0.875. The molecule has 2 N–H and O–H groups in total. The van der Waals surface area contributed by atoms with E-state index < -0.39 is 31.3 Å². The number of carbonyl (C=O) groups excluding carboxylic acids is 1. The lowest BCUT2D eigenvalue weighted by Crippen LogP contribution is -2.32. The Hall–Kier alpha value is -0.670. The minimum Gasteiger partial charge on any atom is -0.358 e. The van der Waals surface area contributed by atoms with Crippen LogP contribution in [-0.4, -0.2) is 66.4 Å². The lowest BCUT2D eigenvalue weighted by molar-refractivity contribution is -0.118. The van der Waals surface area contributed by atoms with Crippen LogP contribution in [0.5, 0.6) is 0 Å². The van der Waals surface area contributed by atoms with Gasteiger partial charge in [0.05, 0.1) is 11.5 Å². The monoisotopic (exact) mass is 286 g/mol. The molecule has 0 fully saturated rings. The van der Waals surface area contributed by atoms with Crippen molar-refractivity contribution >= 4 is 25.6 Å². The summed E-state index contributed by atoms with van der Waals surface area (Å²) in [6.45, 7) is 0.336. The number of amides is 1. The summed E-state index contributed by atoms with van der Waals surface area (Å²) >= 11 is 0. The zero-order valence-corrected chi connectivity index (χ0v) is 11.5. The Kier molecular flexibility index (Phi) is 6.65. The molecule has 1 amide bonds. The maximum atomic E-state index is 11.3. The van der Waals surface area contributed by atoms with E-state index in [9.17, 15) is 21.6 Å². The summed E-state index contributed by atoms with van der Waals surface area (Å²) in [6, 6.07) is 0. The Morgan fingerprint density at radius 1 is 1.06 bits per heavy atom. The average molecular weight is 286 g/mol. The zero-order chi connectivity index (χ0) is 13.5. The van der Waals surface area contributed by atoms with Gasteiger partial charge in [0, 0.05) is 26.4 Å². The molecule has 0 aromatic rings. The summed E-state index contributed by atoms with van der Waals surface area (Å²) in [5.74, 6) is -1.33. The summed E-state index contributed by atoms with van der Waals surface area (Å²) in [5, 5.41) is 4.92. The molecular weight excluding hydrogens is 268 g/mol. The van der Waals surface area contributed by atoms with E-state index in [-0.39, 0.29) is 24.6 Å². The largest absolute Gasteiger partial charge is 0.358 e. The van der Waals surface area contributed by atoms with Crippen molar-refractivity contribution in [3.63, 3.8) is 0 Å². The van der Waals surface area contributed by atoms with Gasteiger partial charge >= 0.3 is 0 Å². The molecule has 102 valence electrons. The normalized spacial score (nSPS) is 12.4. The van der Waals surface area contributed by atoms with Crippen LogP contribution in [0.4, 0.5) is 0 Å². The van der Waals surface area contributed by atoms with Gasteiger partial charge in [0.15, 0.2) is 9.84 Å². The molecule has 0 aromatic heterocycles. The van der Waals surface area contributed by atoms with Crippen molar-refractivity contribution in [2.75, 3.05) is 43.7 Å². The number of hydrogen-bond acceptors (Lipinski definition) is 6. The molecule has 0 bridgehead atoms. The molecule has 0 rings (SSSR count). The topological polar surface area (TPSA) is 109 Å². The third kappa shape index (κ3) is 10.2. The predicted octanol–water partition coefficient (Wildman–Crippen LogP) is -2.22. The second-order valence-electron chi connectivity index (χ2n) is 3.65. The summed E-state index contributed by atoms with van der Waals surface area (Å²) < 4.78 is 44.2. The van der Waals surface area contributed by atoms with E-state index in [0.29, 0.717) is 0 Å². The molecule has 0 aliphatic carbocycles. The van der Waals surface area contributed by atoms with Crippen molar-refractivity contribution in [3.8, 4) is 0 Å². The lowest BCUT2D eigenvalue weighted by Gasteiger charge is -2.05. The quantitative estimate of drug-likeness (QED) is 0.489. The number of carbonyl (C=O) groups is 1. The Bertz CT molecular complexity index is 441. The highest BCUT2D eigenvalue weighted by atomic mass is 32.2. The number of rotatable bonds is 8. The van der Waals surface area contributed by atoms with Crippen LogP contribution in [0.1, 0.15) is 0 Å². The SMILES string of the molecule is CNC(=O)CS(=O)(=O)CCNCCS(C)(=O)=O. The van der Waals surface area contributed by atoms with E-state index in [2.05, 4.69) is 10.6 Å². The minimum atomic E-state index is -3.43. The number of hydrogen-bond donors (Lipinski definition) is 2. The highest BCUT2D eigenvalue weighted by Gasteiger charge is 2.14. The van der Waals surface area contributed by atoms with Crippen molar-refractivity contribution in [2.45, 2.75) is 0 Å². The first-order valence-corrected chi connectivity index (χ1v) is 8.84. The zero-order valence-electron chi connectivity index (χ0n) is 9.89. The highest BCUT2D eigenvalue weighted by Crippen LogP contribution is 1.89. The van der Waals surface area contributed by atoms with Crippen molar-refractivity contribution < 1.29 is 21.6 Å². The average Bonchev–Trinajstić information content (AvgIpc) is 2.14. The van der Waals surface area contributed by atoms with Crippen LogP contribution in [0.3, 0.4) is 0 Å². The molecular formula is C8H18N2O5S2. The summed E-state index contributed by atoms with van der Waals surface area (Å²) in [5.41, 5.74) is 0. The summed E-state index contributed by atoms with van der Waals surface area (Å²) in [4.78, 5) is 10.9. The van der Waals surface area contributed by atoms with Crippen LogP contribution in [0.2, 0.25) is 0 Å². The van der Waals surface area contributed by atoms with Gasteiger partial charge in [-0.2, -0.15) is 0 Å². The molecule has 0 radical (unpaired) electrons. The smallest absolute Gasteiger partial charge is 0.234 e. The van der Waals surface area contributed by atoms with Crippen LogP contribution >= 0.6 is 0 Å². The van der Waals surface area contributed by atoms with Gasteiger partial charge in [0.2, 0.25) is 5.91 Å². The van der Waals surface area contributed by atoms with Crippen molar-refractivity contribution in [3.05, 3.63) is 0 Å². The highest BCUT2D eigenvalue weighted by molar-refractivity contribution is 7.92. The van der Waals surface area contributed by atoms with E-state index in [4.69, 9.17) is 0 Å². The molecule has 0 aromatic carbocycles. The first kappa shape index (κ1) is 16.3. The van der Waals surface area contributed by atoms with E-state index in [1.165, 1.54) is 7.05 Å². The number of sulfone groups is 2. The maximum Gasteiger partial charge on any atom is 0.234 e. The molecule has 9 heteroatoms. The van der Waals surface area contributed by atoms with Gasteiger partial charge in [0.25, 0.3) is 0 Å². The van der Waals surface area contributed by atoms with Crippen LogP contribution in [0.15, 0.2) is 0 Å². The van der Waals surface area contributed by atoms with Crippen molar-refractivity contribution in [1.29, 1.82) is 0 Å². The fourth-order valence-electron chi connectivity index (χ4n) is 0.954. The molecule has 0 heterocycles. The molecule has 0 saturated carbocycles. The molecule has 0 aliphatic heterocycles. The molecule has 0 atom stereocenters. The van der Waals surface area contributed by atoms with Gasteiger partial charge < -0.3 is 10.6 Å². The third-order valence-electron chi connectivity index (χ3n) is 1.87. The van der Waals surface area contributed by atoms with E-state index >= 15 is 0 Å². The Labute approximate surface area is 102 Å². The molecule has 0 unspecified atom stereocenters. The standard InChI is InChI=1S/C8H18N2O5S2/c1-9-8(11)7-17(14,15)6-4-10-3-5-16(2,12)13/h10H,3-7H2,1-2H3,(H,9,11). The van der Waals surface area contributed by atoms with Crippen LogP contribution in [0.25, 0.3) is 0 Å². The molecule has 0 spiro atoms. The molecule has 17 heavy (non-hydrogen) atoms. The van der Waals surface area contributed by atoms with Gasteiger partial charge in [-0.3, -0.25) is 4.79 Å². The van der Waals surface area contributed by atoms with E-state index in [1.54, 1.807) is 0 Å². The first-order valence-electron chi connectivity index (χ1n) is 4.96. The molecule has 0 saturated heterocycles. The third-order valence-corrected chi connectivity index (χ3v) is 4.34. The van der Waals surface area contributed by atoms with Gasteiger partial charge in [0.1, 0.15) is 15.6 Å². The Morgan fingerprint density at radius 2 is 1.59 bits per heavy atom. The molecule has 7 nitrogen and oxygen atoms in total. The van der Waals surface area contributed by atoms with Gasteiger partial charge in [-0.15, -0.1) is 0 Å². The van der Waals surface area contributed by atoms with E-state index in [0.717, 1.165) is 6.26 Å². The second kappa shape index (κ2) is 6.92. The molecule has 0 aliphatic rings. The van der Waals surface area contributed by atoms with Gasteiger partial charge in [-0.1, -0.05) is 0 Å². The maximum absolute atomic E-state index is 11.3.